The van der Waals surface area contributed by atoms with Crippen LogP contribution in [0.15, 0.2) is 0 Å². The minimum atomic E-state index is 0.587. The van der Waals surface area contributed by atoms with Gasteiger partial charge in [-0.25, -0.2) is 0 Å². The van der Waals surface area contributed by atoms with Gasteiger partial charge in [-0.2, -0.15) is 0 Å². The lowest BCUT2D eigenvalue weighted by molar-refractivity contribution is -0.157. The highest BCUT2D eigenvalue weighted by atomic mass is 15.2. The van der Waals surface area contributed by atoms with Crippen LogP contribution in [0.4, 0.5) is 0 Å². The molecule has 2 nitrogen and oxygen atoms in total. The van der Waals surface area contributed by atoms with E-state index in [9.17, 15) is 0 Å². The molecule has 120 valence electrons. The third-order valence-electron chi connectivity index (χ3n) is 7.24. The van der Waals surface area contributed by atoms with Crippen molar-refractivity contribution in [3.63, 3.8) is 0 Å². The number of rotatable bonds is 4. The van der Waals surface area contributed by atoms with Crippen LogP contribution >= 0.6 is 0 Å². The van der Waals surface area contributed by atoms with Gasteiger partial charge in [0.15, 0.2) is 0 Å². The van der Waals surface area contributed by atoms with Gasteiger partial charge >= 0.3 is 0 Å². The first kappa shape index (κ1) is 14.5. The lowest BCUT2D eigenvalue weighted by Crippen LogP contribution is -2.64. The Balaban J connectivity index is 1.52. The zero-order valence-electron chi connectivity index (χ0n) is 14.4. The van der Waals surface area contributed by atoms with E-state index in [1.807, 2.05) is 0 Å². The second-order valence-electron chi connectivity index (χ2n) is 9.76. The van der Waals surface area contributed by atoms with Crippen LogP contribution in [0.25, 0.3) is 0 Å². The van der Waals surface area contributed by atoms with Crippen LogP contribution in [0, 0.1) is 22.7 Å². The minimum Gasteiger partial charge on any atom is -0.317 e. The van der Waals surface area contributed by atoms with Crippen molar-refractivity contribution < 1.29 is 0 Å². The highest BCUT2D eigenvalue weighted by Gasteiger charge is 2.62. The third kappa shape index (κ3) is 2.37. The predicted molar refractivity (Wildman–Crippen MR) is 88.4 cm³/mol. The molecule has 0 aromatic rings. The molecule has 0 radical (unpaired) electrons. The number of hydrogen-bond acceptors (Lipinski definition) is 2. The Bertz CT molecular complexity index is 400. The first-order valence-corrected chi connectivity index (χ1v) is 9.40. The maximum Gasteiger partial charge on any atom is 0.0222 e. The summed E-state index contributed by atoms with van der Waals surface area (Å²) in [5.41, 5.74) is 1.91. The van der Waals surface area contributed by atoms with E-state index in [2.05, 4.69) is 31.0 Å². The zero-order valence-corrected chi connectivity index (χ0v) is 14.4. The van der Waals surface area contributed by atoms with Crippen molar-refractivity contribution in [1.82, 2.24) is 10.2 Å². The molecule has 1 aliphatic heterocycles. The monoisotopic (exact) mass is 290 g/mol. The van der Waals surface area contributed by atoms with E-state index >= 15 is 0 Å². The van der Waals surface area contributed by atoms with E-state index in [4.69, 9.17) is 0 Å². The molecular weight excluding hydrogens is 256 g/mol. The van der Waals surface area contributed by atoms with Crippen molar-refractivity contribution in [1.29, 1.82) is 0 Å². The van der Waals surface area contributed by atoms with Crippen molar-refractivity contribution in [2.75, 3.05) is 26.2 Å². The molecule has 4 bridgehead atoms. The average molecular weight is 290 g/mol. The molecule has 1 N–H and O–H groups in total. The Morgan fingerprint density at radius 2 is 1.76 bits per heavy atom. The Kier molecular flexibility index (Phi) is 3.25. The van der Waals surface area contributed by atoms with E-state index in [0.717, 1.165) is 18.4 Å². The van der Waals surface area contributed by atoms with Gasteiger partial charge in [-0.3, -0.25) is 4.90 Å². The van der Waals surface area contributed by atoms with Crippen LogP contribution in [0.5, 0.6) is 0 Å². The molecule has 5 aliphatic rings. The summed E-state index contributed by atoms with van der Waals surface area (Å²) < 4.78 is 0. The van der Waals surface area contributed by atoms with Crippen LogP contribution in [-0.2, 0) is 0 Å². The SMILES string of the molecule is CCNCC1CCN(C23CC4CC(C)(CC(C)(C4)C2)C3)C1. The molecule has 0 aromatic carbocycles. The number of nitrogens with zero attached hydrogens (tertiary/aromatic N) is 1. The van der Waals surface area contributed by atoms with E-state index in [1.54, 1.807) is 0 Å². The Labute approximate surface area is 131 Å². The summed E-state index contributed by atoms with van der Waals surface area (Å²) in [4.78, 5) is 2.95. The molecule has 1 heterocycles. The molecule has 4 aliphatic carbocycles. The summed E-state index contributed by atoms with van der Waals surface area (Å²) in [5.74, 6) is 1.93. The lowest BCUT2D eigenvalue weighted by Gasteiger charge is -2.67. The van der Waals surface area contributed by atoms with Crippen molar-refractivity contribution in [2.45, 2.75) is 71.3 Å². The predicted octanol–water partition coefficient (Wildman–Crippen LogP) is 3.67. The zero-order chi connectivity index (χ0) is 14.7. The van der Waals surface area contributed by atoms with Crippen molar-refractivity contribution in [3.8, 4) is 0 Å². The summed E-state index contributed by atoms with van der Waals surface area (Å²) in [6.07, 6.45) is 10.5. The van der Waals surface area contributed by atoms with Gasteiger partial charge in [0.05, 0.1) is 0 Å². The standard InChI is InChI=1S/C19H34N2/c1-4-20-10-15-5-6-21(11-15)19-9-16-7-17(2,13-19)12-18(3,8-16)14-19/h15-16,20H,4-14H2,1-3H3. The van der Waals surface area contributed by atoms with Gasteiger partial charge < -0.3 is 5.32 Å². The van der Waals surface area contributed by atoms with Crippen molar-refractivity contribution >= 4 is 0 Å². The van der Waals surface area contributed by atoms with Crippen LogP contribution in [0.2, 0.25) is 0 Å². The number of nitrogens with one attached hydrogen (secondary N) is 1. The van der Waals surface area contributed by atoms with Gasteiger partial charge in [0, 0.05) is 12.1 Å². The molecule has 5 fully saturated rings. The summed E-state index contributed by atoms with van der Waals surface area (Å²) in [7, 11) is 0. The van der Waals surface area contributed by atoms with E-state index < -0.39 is 0 Å². The second-order valence-corrected chi connectivity index (χ2v) is 9.76. The number of hydrogen-bond donors (Lipinski definition) is 1. The quantitative estimate of drug-likeness (QED) is 0.850. The first-order chi connectivity index (χ1) is 9.94. The lowest BCUT2D eigenvalue weighted by atomic mass is 9.42. The first-order valence-electron chi connectivity index (χ1n) is 9.40. The molecule has 0 amide bonds. The molecule has 21 heavy (non-hydrogen) atoms. The summed E-state index contributed by atoms with van der Waals surface area (Å²) >= 11 is 0. The van der Waals surface area contributed by atoms with Gasteiger partial charge in [-0.1, -0.05) is 20.8 Å². The summed E-state index contributed by atoms with van der Waals surface area (Å²) in [6.45, 7) is 12.5. The fourth-order valence-electron chi connectivity index (χ4n) is 7.52. The van der Waals surface area contributed by atoms with Gasteiger partial charge in [0.2, 0.25) is 0 Å². The maximum absolute atomic E-state index is 3.57. The van der Waals surface area contributed by atoms with Gasteiger partial charge in [0.1, 0.15) is 0 Å². The molecule has 4 saturated carbocycles. The third-order valence-corrected chi connectivity index (χ3v) is 7.24. The van der Waals surface area contributed by atoms with Crippen LogP contribution in [-0.4, -0.2) is 36.6 Å². The van der Waals surface area contributed by atoms with Crippen LogP contribution < -0.4 is 5.32 Å². The van der Waals surface area contributed by atoms with Crippen LogP contribution in [0.1, 0.15) is 65.7 Å². The molecule has 2 heteroatoms. The van der Waals surface area contributed by atoms with E-state index in [0.29, 0.717) is 16.4 Å². The Morgan fingerprint density at radius 3 is 2.38 bits per heavy atom. The molecule has 5 rings (SSSR count). The molecular formula is C19H34N2. The molecule has 0 aromatic heterocycles. The normalized spacial score (nSPS) is 52.7. The summed E-state index contributed by atoms with van der Waals surface area (Å²) in [5, 5.41) is 3.57. The fraction of sp³-hybridized carbons (Fsp3) is 1.00. The Hall–Kier alpha value is -0.0800. The van der Waals surface area contributed by atoms with Crippen LogP contribution in [0.3, 0.4) is 0 Å². The smallest absolute Gasteiger partial charge is 0.0222 e. The highest BCUT2D eigenvalue weighted by Crippen LogP contribution is 2.68. The number of likely N-dealkylation sites (tertiary alicyclic amines) is 1. The molecule has 0 spiro atoms. The second kappa shape index (κ2) is 4.71. The molecule has 3 atom stereocenters. The van der Waals surface area contributed by atoms with E-state index in [1.165, 1.54) is 64.6 Å². The largest absolute Gasteiger partial charge is 0.317 e. The van der Waals surface area contributed by atoms with Gasteiger partial charge in [0.25, 0.3) is 0 Å². The van der Waals surface area contributed by atoms with E-state index in [-0.39, 0.29) is 0 Å². The van der Waals surface area contributed by atoms with Crippen molar-refractivity contribution in [3.05, 3.63) is 0 Å². The van der Waals surface area contributed by atoms with Gasteiger partial charge in [-0.05, 0) is 87.2 Å². The van der Waals surface area contributed by atoms with Crippen molar-refractivity contribution in [2.24, 2.45) is 22.7 Å². The van der Waals surface area contributed by atoms with Gasteiger partial charge in [-0.15, -0.1) is 0 Å². The fourth-order valence-corrected chi connectivity index (χ4v) is 7.52. The molecule has 1 saturated heterocycles. The molecule has 3 unspecified atom stereocenters. The highest BCUT2D eigenvalue weighted by molar-refractivity contribution is 5.15. The Morgan fingerprint density at radius 1 is 1.05 bits per heavy atom. The minimum absolute atomic E-state index is 0.587. The summed E-state index contributed by atoms with van der Waals surface area (Å²) in [6, 6.07) is 0. The topological polar surface area (TPSA) is 15.3 Å². The maximum atomic E-state index is 3.57. The average Bonchev–Trinajstić information content (AvgIpc) is 2.81.